The Balaban J connectivity index is 2.24. The van der Waals surface area contributed by atoms with E-state index in [4.69, 9.17) is 9.47 Å². The van der Waals surface area contributed by atoms with E-state index >= 15 is 0 Å². The largest absolute Gasteiger partial charge is 0.463 e. The van der Waals surface area contributed by atoms with E-state index in [1.165, 1.54) is 18.2 Å². The molecule has 8 heteroatoms. The van der Waals surface area contributed by atoms with Crippen molar-refractivity contribution in [1.82, 2.24) is 5.32 Å². The van der Waals surface area contributed by atoms with Crippen LogP contribution in [0.3, 0.4) is 0 Å². The summed E-state index contributed by atoms with van der Waals surface area (Å²) in [4.78, 5) is 24.7. The van der Waals surface area contributed by atoms with E-state index in [1.54, 1.807) is 13.8 Å². The molecule has 1 atom stereocenters. The van der Waals surface area contributed by atoms with Crippen LogP contribution in [0.25, 0.3) is 0 Å². The van der Waals surface area contributed by atoms with Crippen molar-refractivity contribution in [1.29, 1.82) is 0 Å². The van der Waals surface area contributed by atoms with Crippen molar-refractivity contribution in [2.75, 3.05) is 13.2 Å². The van der Waals surface area contributed by atoms with E-state index < -0.39 is 29.6 Å². The van der Waals surface area contributed by atoms with Crippen LogP contribution in [-0.4, -0.2) is 25.2 Å². The van der Waals surface area contributed by atoms with Gasteiger partial charge in [0.15, 0.2) is 0 Å². The van der Waals surface area contributed by atoms with Crippen LogP contribution >= 0.6 is 0 Å². The van der Waals surface area contributed by atoms with Gasteiger partial charge in [0.25, 0.3) is 0 Å². The van der Waals surface area contributed by atoms with Crippen molar-refractivity contribution < 1.29 is 32.2 Å². The highest BCUT2D eigenvalue weighted by molar-refractivity contribution is 6.01. The fourth-order valence-corrected chi connectivity index (χ4v) is 3.26. The number of halogens is 3. The van der Waals surface area contributed by atoms with Gasteiger partial charge in [-0.15, -0.1) is 0 Å². The summed E-state index contributed by atoms with van der Waals surface area (Å²) < 4.78 is 50.6. The highest BCUT2D eigenvalue weighted by Crippen LogP contribution is 2.45. The lowest BCUT2D eigenvalue weighted by molar-refractivity contribution is -0.141. The van der Waals surface area contributed by atoms with Crippen LogP contribution in [0.5, 0.6) is 0 Å². The zero-order valence-electron chi connectivity index (χ0n) is 14.1. The number of carbonyl (C=O) groups excluding carboxylic acids is 2. The molecule has 0 fully saturated rings. The molecule has 1 aromatic carbocycles. The molecule has 1 aromatic rings. The van der Waals surface area contributed by atoms with Gasteiger partial charge in [-0.3, -0.25) is 0 Å². The molecule has 0 saturated carbocycles. The first-order chi connectivity index (χ1) is 12.3. The number of rotatable bonds is 3. The predicted octanol–water partition coefficient (Wildman–Crippen LogP) is 3.04. The molecule has 0 bridgehead atoms. The second-order valence-corrected chi connectivity index (χ2v) is 5.87. The molecule has 26 heavy (non-hydrogen) atoms. The third kappa shape index (κ3) is 2.95. The molecule has 0 spiro atoms. The van der Waals surface area contributed by atoms with Crippen LogP contribution in [0.1, 0.15) is 30.9 Å². The average Bonchev–Trinajstić information content (AvgIpc) is 2.93. The number of hydrogen-bond acceptors (Lipinski definition) is 5. The second-order valence-electron chi connectivity index (χ2n) is 5.87. The van der Waals surface area contributed by atoms with E-state index in [2.05, 4.69) is 5.32 Å². The SMILES string of the molecule is CCOC(=O)C1=C(C)NC2=C(C(=O)OC2)C1c1ccccc1C(F)(F)F. The van der Waals surface area contributed by atoms with Gasteiger partial charge in [-0.25, -0.2) is 9.59 Å². The summed E-state index contributed by atoms with van der Waals surface area (Å²) in [5.74, 6) is -2.73. The summed E-state index contributed by atoms with van der Waals surface area (Å²) in [6.45, 7) is 3.13. The minimum atomic E-state index is -4.64. The lowest BCUT2D eigenvalue weighted by Gasteiger charge is -2.29. The highest BCUT2D eigenvalue weighted by atomic mass is 19.4. The molecule has 5 nitrogen and oxygen atoms in total. The van der Waals surface area contributed by atoms with Crippen molar-refractivity contribution in [2.24, 2.45) is 0 Å². The van der Waals surface area contributed by atoms with Crippen LogP contribution in [-0.2, 0) is 25.2 Å². The topological polar surface area (TPSA) is 64.6 Å². The minimum Gasteiger partial charge on any atom is -0.463 e. The van der Waals surface area contributed by atoms with Gasteiger partial charge in [0.05, 0.1) is 34.9 Å². The molecule has 3 rings (SSSR count). The standard InChI is InChI=1S/C18H16F3NO4/c1-3-25-16(23)13-9(2)22-12-8-26-17(24)15(12)14(13)10-6-4-5-7-11(10)18(19,20)21/h4-7,14,22H,3,8H2,1-2H3. The molecule has 1 unspecified atom stereocenters. The van der Waals surface area contributed by atoms with Gasteiger partial charge in [0.2, 0.25) is 0 Å². The molecule has 0 radical (unpaired) electrons. The summed E-state index contributed by atoms with van der Waals surface area (Å²) in [7, 11) is 0. The predicted molar refractivity (Wildman–Crippen MR) is 84.6 cm³/mol. The van der Waals surface area contributed by atoms with E-state index in [9.17, 15) is 22.8 Å². The summed E-state index contributed by atoms with van der Waals surface area (Å²) in [6, 6.07) is 4.89. The number of allylic oxidation sites excluding steroid dienone is 1. The van der Waals surface area contributed by atoms with Crippen LogP contribution in [0.2, 0.25) is 0 Å². The molecule has 0 aliphatic carbocycles. The van der Waals surface area contributed by atoms with Gasteiger partial charge in [0.1, 0.15) is 6.61 Å². The zero-order valence-corrected chi connectivity index (χ0v) is 14.1. The number of dihydropyridines is 1. The quantitative estimate of drug-likeness (QED) is 0.832. The summed E-state index contributed by atoms with van der Waals surface area (Å²) in [5.41, 5.74) is -0.412. The fourth-order valence-electron chi connectivity index (χ4n) is 3.26. The molecular formula is C18H16F3NO4. The Hall–Kier alpha value is -2.77. The van der Waals surface area contributed by atoms with Crippen molar-refractivity contribution in [3.8, 4) is 0 Å². The van der Waals surface area contributed by atoms with Gasteiger partial charge in [-0.05, 0) is 25.5 Å². The third-order valence-corrected chi connectivity index (χ3v) is 4.28. The number of nitrogens with one attached hydrogen (secondary N) is 1. The number of esters is 2. The van der Waals surface area contributed by atoms with Crippen molar-refractivity contribution in [3.63, 3.8) is 0 Å². The van der Waals surface area contributed by atoms with Gasteiger partial charge >= 0.3 is 18.1 Å². The number of cyclic esters (lactones) is 1. The zero-order chi connectivity index (χ0) is 19.1. The van der Waals surface area contributed by atoms with Gasteiger partial charge in [-0.2, -0.15) is 13.2 Å². The maximum absolute atomic E-state index is 13.5. The lowest BCUT2D eigenvalue weighted by atomic mass is 9.79. The number of ether oxygens (including phenoxy) is 2. The number of benzene rings is 1. The summed E-state index contributed by atoms with van der Waals surface area (Å²) >= 11 is 0. The third-order valence-electron chi connectivity index (χ3n) is 4.28. The van der Waals surface area contributed by atoms with Crippen LogP contribution in [0.4, 0.5) is 13.2 Å². The van der Waals surface area contributed by atoms with Gasteiger partial charge in [0, 0.05) is 5.70 Å². The molecule has 0 saturated heterocycles. The monoisotopic (exact) mass is 367 g/mol. The van der Waals surface area contributed by atoms with Crippen LogP contribution in [0, 0.1) is 0 Å². The molecular weight excluding hydrogens is 351 g/mol. The Morgan fingerprint density at radius 2 is 2.04 bits per heavy atom. The Bertz CT molecular complexity index is 839. The summed E-state index contributed by atoms with van der Waals surface area (Å²) in [6.07, 6.45) is -4.64. The Morgan fingerprint density at radius 1 is 1.35 bits per heavy atom. The molecule has 0 aromatic heterocycles. The lowest BCUT2D eigenvalue weighted by Crippen LogP contribution is -2.31. The first-order valence-corrected chi connectivity index (χ1v) is 7.96. The molecule has 0 amide bonds. The number of alkyl halides is 3. The maximum Gasteiger partial charge on any atom is 0.416 e. The maximum atomic E-state index is 13.5. The van der Waals surface area contributed by atoms with E-state index in [1.807, 2.05) is 0 Å². The highest BCUT2D eigenvalue weighted by Gasteiger charge is 2.45. The van der Waals surface area contributed by atoms with Gasteiger partial charge < -0.3 is 14.8 Å². The number of hydrogen-bond donors (Lipinski definition) is 1. The molecule has 2 aliphatic rings. The van der Waals surface area contributed by atoms with Crippen molar-refractivity contribution in [3.05, 3.63) is 57.9 Å². The molecule has 138 valence electrons. The van der Waals surface area contributed by atoms with Crippen LogP contribution < -0.4 is 5.32 Å². The minimum absolute atomic E-state index is 0.00959. The first kappa shape index (κ1) is 18.0. The van der Waals surface area contributed by atoms with E-state index in [0.717, 1.165) is 6.07 Å². The van der Waals surface area contributed by atoms with Crippen molar-refractivity contribution >= 4 is 11.9 Å². The average molecular weight is 367 g/mol. The fraction of sp³-hybridized carbons (Fsp3) is 0.333. The van der Waals surface area contributed by atoms with Crippen molar-refractivity contribution in [2.45, 2.75) is 25.9 Å². The Kier molecular flexibility index (Phi) is 4.52. The number of carbonyl (C=O) groups is 2. The van der Waals surface area contributed by atoms with Gasteiger partial charge in [-0.1, -0.05) is 18.2 Å². The first-order valence-electron chi connectivity index (χ1n) is 7.96. The van der Waals surface area contributed by atoms with E-state index in [-0.39, 0.29) is 29.9 Å². The Labute approximate surface area is 147 Å². The summed E-state index contributed by atoms with van der Waals surface area (Å²) in [5, 5.41) is 2.89. The molecule has 1 N–H and O–H groups in total. The molecule has 2 heterocycles. The Morgan fingerprint density at radius 3 is 2.69 bits per heavy atom. The molecule has 2 aliphatic heterocycles. The second kappa shape index (κ2) is 6.51. The smallest absolute Gasteiger partial charge is 0.416 e. The van der Waals surface area contributed by atoms with E-state index in [0.29, 0.717) is 11.4 Å². The normalized spacial score (nSPS) is 19.9. The van der Waals surface area contributed by atoms with Crippen LogP contribution in [0.15, 0.2) is 46.8 Å².